The normalized spacial score (nSPS) is 10.5. The highest BCUT2D eigenvalue weighted by atomic mass is 79.9. The second-order valence-corrected chi connectivity index (χ2v) is 6.08. The molecule has 0 radical (unpaired) electrons. The van der Waals surface area contributed by atoms with Crippen molar-refractivity contribution in [2.24, 2.45) is 0 Å². The fourth-order valence-corrected chi connectivity index (χ4v) is 2.59. The van der Waals surface area contributed by atoms with Crippen molar-refractivity contribution in [3.8, 4) is 11.5 Å². The molecule has 0 saturated heterocycles. The molecule has 0 amide bonds. The third kappa shape index (κ3) is 3.81. The van der Waals surface area contributed by atoms with Crippen LogP contribution >= 0.6 is 31.9 Å². The van der Waals surface area contributed by atoms with Crippen LogP contribution in [0.2, 0.25) is 0 Å². The highest BCUT2D eigenvalue weighted by molar-refractivity contribution is 9.10. The quantitative estimate of drug-likeness (QED) is 0.797. The lowest BCUT2D eigenvalue weighted by Crippen LogP contribution is -2.04. The summed E-state index contributed by atoms with van der Waals surface area (Å²) in [5.41, 5.74) is 2.32. The van der Waals surface area contributed by atoms with E-state index in [1.807, 2.05) is 38.2 Å². The first kappa shape index (κ1) is 14.6. The zero-order chi connectivity index (χ0) is 13.8. The molecule has 0 aliphatic heterocycles. The molecule has 1 N–H and O–H groups in total. The van der Waals surface area contributed by atoms with Crippen molar-refractivity contribution in [1.29, 1.82) is 0 Å². The maximum atomic E-state index is 5.96. The molecule has 0 heterocycles. The number of benzene rings is 2. The Morgan fingerprint density at radius 3 is 2.53 bits per heavy atom. The van der Waals surface area contributed by atoms with Gasteiger partial charge in [-0.25, -0.2) is 0 Å². The van der Waals surface area contributed by atoms with Gasteiger partial charge in [-0.3, -0.25) is 0 Å². The molecular formula is C15H15Br2NO. The van der Waals surface area contributed by atoms with Crippen LogP contribution in [0.5, 0.6) is 11.5 Å². The van der Waals surface area contributed by atoms with Gasteiger partial charge < -0.3 is 10.1 Å². The summed E-state index contributed by atoms with van der Waals surface area (Å²) in [7, 11) is 1.93. The number of hydrogen-bond acceptors (Lipinski definition) is 2. The molecule has 0 aliphatic carbocycles. The molecular weight excluding hydrogens is 370 g/mol. The van der Waals surface area contributed by atoms with Crippen LogP contribution in [0.25, 0.3) is 0 Å². The van der Waals surface area contributed by atoms with Crippen LogP contribution in [-0.4, -0.2) is 7.05 Å². The van der Waals surface area contributed by atoms with Gasteiger partial charge in [0, 0.05) is 11.0 Å². The molecule has 0 spiro atoms. The Kier molecular flexibility index (Phi) is 5.02. The molecule has 2 aromatic rings. The minimum Gasteiger partial charge on any atom is -0.456 e. The summed E-state index contributed by atoms with van der Waals surface area (Å²) in [6, 6.07) is 12.1. The lowest BCUT2D eigenvalue weighted by atomic mass is 10.2. The van der Waals surface area contributed by atoms with Gasteiger partial charge in [-0.1, -0.05) is 28.1 Å². The van der Waals surface area contributed by atoms with E-state index in [1.54, 1.807) is 0 Å². The van der Waals surface area contributed by atoms with Crippen molar-refractivity contribution in [2.45, 2.75) is 13.5 Å². The van der Waals surface area contributed by atoms with Gasteiger partial charge in [-0.15, -0.1) is 0 Å². The minimum absolute atomic E-state index is 0.820. The number of nitrogens with one attached hydrogen (secondary N) is 1. The number of ether oxygens (including phenoxy) is 1. The molecule has 2 aromatic carbocycles. The molecule has 2 rings (SSSR count). The molecule has 0 atom stereocenters. The fraction of sp³-hybridized carbons (Fsp3) is 0.200. The van der Waals surface area contributed by atoms with Crippen molar-refractivity contribution in [3.05, 3.63) is 56.5 Å². The Labute approximate surface area is 130 Å². The summed E-state index contributed by atoms with van der Waals surface area (Å²) in [5, 5.41) is 3.13. The second-order valence-electron chi connectivity index (χ2n) is 4.31. The Balaban J connectivity index is 2.25. The van der Waals surface area contributed by atoms with Crippen molar-refractivity contribution in [2.75, 3.05) is 7.05 Å². The predicted molar refractivity (Wildman–Crippen MR) is 85.9 cm³/mol. The molecule has 0 unspecified atom stereocenters. The number of aryl methyl sites for hydroxylation is 1. The second kappa shape index (κ2) is 6.55. The molecule has 0 saturated carbocycles. The van der Waals surface area contributed by atoms with Gasteiger partial charge in [0.15, 0.2) is 0 Å². The van der Waals surface area contributed by atoms with E-state index in [9.17, 15) is 0 Å². The predicted octanol–water partition coefficient (Wildman–Crippen LogP) is 5.03. The van der Waals surface area contributed by atoms with Gasteiger partial charge in [-0.05, 0) is 65.3 Å². The lowest BCUT2D eigenvalue weighted by Gasteiger charge is -2.11. The van der Waals surface area contributed by atoms with Crippen LogP contribution < -0.4 is 10.1 Å². The third-order valence-corrected chi connectivity index (χ3v) is 3.86. The first-order chi connectivity index (χ1) is 9.10. The highest BCUT2D eigenvalue weighted by Gasteiger charge is 2.06. The Bertz CT molecular complexity index is 584. The van der Waals surface area contributed by atoms with E-state index in [4.69, 9.17) is 4.74 Å². The van der Waals surface area contributed by atoms with Crippen LogP contribution in [0.1, 0.15) is 11.1 Å². The lowest BCUT2D eigenvalue weighted by molar-refractivity contribution is 0.475. The maximum absolute atomic E-state index is 5.96. The molecule has 2 nitrogen and oxygen atoms in total. The van der Waals surface area contributed by atoms with Crippen LogP contribution in [0, 0.1) is 6.92 Å². The Morgan fingerprint density at radius 2 is 1.84 bits per heavy atom. The van der Waals surface area contributed by atoms with E-state index >= 15 is 0 Å². The average Bonchev–Trinajstić information content (AvgIpc) is 2.37. The number of rotatable bonds is 4. The standard InChI is InChI=1S/C15H15Br2NO/c1-10-3-5-12(16)8-15(10)19-14-6-4-11(9-18-2)7-13(14)17/h3-8,18H,9H2,1-2H3. The van der Waals surface area contributed by atoms with Crippen LogP contribution in [0.15, 0.2) is 45.3 Å². The summed E-state index contributed by atoms with van der Waals surface area (Å²) < 4.78 is 7.92. The Hall–Kier alpha value is -0.840. The fourth-order valence-electron chi connectivity index (χ4n) is 1.74. The molecule has 100 valence electrons. The summed E-state index contributed by atoms with van der Waals surface area (Å²) in [4.78, 5) is 0. The van der Waals surface area contributed by atoms with Gasteiger partial charge in [-0.2, -0.15) is 0 Å². The van der Waals surface area contributed by atoms with Gasteiger partial charge in [0.2, 0.25) is 0 Å². The molecule has 0 bridgehead atoms. The highest BCUT2D eigenvalue weighted by Crippen LogP contribution is 2.33. The number of halogens is 2. The first-order valence-corrected chi connectivity index (χ1v) is 7.56. The molecule has 0 fully saturated rings. The van der Waals surface area contributed by atoms with Crippen LogP contribution in [-0.2, 0) is 6.54 Å². The SMILES string of the molecule is CNCc1ccc(Oc2cc(Br)ccc2C)c(Br)c1. The van der Waals surface area contributed by atoms with Gasteiger partial charge in [0.25, 0.3) is 0 Å². The monoisotopic (exact) mass is 383 g/mol. The van der Waals surface area contributed by atoms with E-state index in [0.29, 0.717) is 0 Å². The summed E-state index contributed by atoms with van der Waals surface area (Å²) in [6.07, 6.45) is 0. The van der Waals surface area contributed by atoms with Crippen molar-refractivity contribution in [1.82, 2.24) is 5.32 Å². The molecule has 0 aliphatic rings. The van der Waals surface area contributed by atoms with Gasteiger partial charge in [0.1, 0.15) is 11.5 Å². The minimum atomic E-state index is 0.820. The van der Waals surface area contributed by atoms with E-state index in [-0.39, 0.29) is 0 Å². The smallest absolute Gasteiger partial charge is 0.141 e. The van der Waals surface area contributed by atoms with Gasteiger partial charge >= 0.3 is 0 Å². The van der Waals surface area contributed by atoms with E-state index in [2.05, 4.69) is 49.3 Å². The van der Waals surface area contributed by atoms with Crippen molar-refractivity contribution < 1.29 is 4.74 Å². The van der Waals surface area contributed by atoms with E-state index in [1.165, 1.54) is 5.56 Å². The molecule has 19 heavy (non-hydrogen) atoms. The zero-order valence-corrected chi connectivity index (χ0v) is 14.0. The summed E-state index contributed by atoms with van der Waals surface area (Å²) >= 11 is 7.01. The zero-order valence-electron chi connectivity index (χ0n) is 10.8. The molecule has 4 heteroatoms. The van der Waals surface area contributed by atoms with Crippen LogP contribution in [0.4, 0.5) is 0 Å². The van der Waals surface area contributed by atoms with Crippen LogP contribution in [0.3, 0.4) is 0 Å². The average molecular weight is 385 g/mol. The van der Waals surface area contributed by atoms with E-state index in [0.717, 1.165) is 32.6 Å². The largest absolute Gasteiger partial charge is 0.456 e. The maximum Gasteiger partial charge on any atom is 0.141 e. The van der Waals surface area contributed by atoms with Crippen molar-refractivity contribution in [3.63, 3.8) is 0 Å². The number of hydrogen-bond donors (Lipinski definition) is 1. The summed E-state index contributed by atoms with van der Waals surface area (Å²) in [6.45, 7) is 2.87. The summed E-state index contributed by atoms with van der Waals surface area (Å²) in [5.74, 6) is 1.68. The topological polar surface area (TPSA) is 21.3 Å². The first-order valence-electron chi connectivity index (χ1n) is 5.97. The van der Waals surface area contributed by atoms with Gasteiger partial charge in [0.05, 0.1) is 4.47 Å². The third-order valence-electron chi connectivity index (χ3n) is 2.75. The molecule has 0 aromatic heterocycles. The van der Waals surface area contributed by atoms with E-state index < -0.39 is 0 Å². The van der Waals surface area contributed by atoms with Crippen molar-refractivity contribution >= 4 is 31.9 Å². The Morgan fingerprint density at radius 1 is 1.05 bits per heavy atom.